The van der Waals surface area contributed by atoms with Gasteiger partial charge in [-0.2, -0.15) is 0 Å². The highest BCUT2D eigenvalue weighted by Gasteiger charge is 2.31. The SMILES string of the molecule is CCOC(=O)CCCC(=O)NC(Cc1ccccc1)C(=O)N1CCN(C2=Nc3ccccc3Sc3ccccc32)CC1. The van der Waals surface area contributed by atoms with Crippen molar-refractivity contribution in [2.45, 2.75) is 48.4 Å². The lowest BCUT2D eigenvalue weighted by Gasteiger charge is -2.38. The normalized spacial score (nSPS) is 15.0. The Morgan fingerprint density at radius 2 is 1.57 bits per heavy atom. The molecule has 1 atom stereocenters. The zero-order chi connectivity index (χ0) is 29.3. The Balaban J connectivity index is 1.26. The van der Waals surface area contributed by atoms with Crippen molar-refractivity contribution in [2.75, 3.05) is 32.8 Å². The van der Waals surface area contributed by atoms with Crippen molar-refractivity contribution in [2.24, 2.45) is 4.99 Å². The molecule has 2 aliphatic rings. The van der Waals surface area contributed by atoms with E-state index in [-0.39, 0.29) is 30.6 Å². The minimum absolute atomic E-state index is 0.0960. The molecule has 0 saturated carbocycles. The fraction of sp³-hybridized carbons (Fsp3) is 0.333. The van der Waals surface area contributed by atoms with Crippen molar-refractivity contribution in [3.63, 3.8) is 0 Å². The molecule has 0 radical (unpaired) electrons. The fourth-order valence-electron chi connectivity index (χ4n) is 5.21. The average molecular weight is 585 g/mol. The number of piperazine rings is 1. The van der Waals surface area contributed by atoms with E-state index in [2.05, 4.69) is 28.4 Å². The van der Waals surface area contributed by atoms with E-state index in [1.165, 1.54) is 0 Å². The Labute approximate surface area is 251 Å². The van der Waals surface area contributed by atoms with Gasteiger partial charge in [0.25, 0.3) is 0 Å². The molecular weight excluding hydrogens is 548 g/mol. The monoisotopic (exact) mass is 584 g/mol. The van der Waals surface area contributed by atoms with Gasteiger partial charge < -0.3 is 19.9 Å². The molecule has 1 saturated heterocycles. The Bertz CT molecular complexity index is 1440. The summed E-state index contributed by atoms with van der Waals surface area (Å²) in [5.74, 6) is 0.267. The van der Waals surface area contributed by atoms with Crippen LogP contribution in [-0.2, 0) is 25.5 Å². The second-order valence-electron chi connectivity index (χ2n) is 10.3. The van der Waals surface area contributed by atoms with Gasteiger partial charge in [-0.25, -0.2) is 4.99 Å². The van der Waals surface area contributed by atoms with Crippen molar-refractivity contribution in [1.29, 1.82) is 0 Å². The number of hydrogen-bond acceptors (Lipinski definition) is 7. The van der Waals surface area contributed by atoms with Crippen LogP contribution < -0.4 is 5.32 Å². The number of benzene rings is 3. The number of para-hydroxylation sites is 1. The van der Waals surface area contributed by atoms with Crippen LogP contribution in [0.1, 0.15) is 37.3 Å². The Morgan fingerprint density at radius 1 is 0.881 bits per heavy atom. The number of esters is 1. The van der Waals surface area contributed by atoms with Gasteiger partial charge in [0.05, 0.1) is 12.3 Å². The number of hydrogen-bond donors (Lipinski definition) is 1. The predicted molar refractivity (Wildman–Crippen MR) is 164 cm³/mol. The van der Waals surface area contributed by atoms with E-state index in [0.717, 1.165) is 32.4 Å². The van der Waals surface area contributed by atoms with Gasteiger partial charge in [-0.1, -0.05) is 72.4 Å². The molecule has 42 heavy (non-hydrogen) atoms. The van der Waals surface area contributed by atoms with Gasteiger partial charge in [0, 0.05) is 60.8 Å². The highest BCUT2D eigenvalue weighted by molar-refractivity contribution is 7.99. The number of nitrogens with one attached hydrogen (secondary N) is 1. The minimum Gasteiger partial charge on any atom is -0.466 e. The first-order valence-corrected chi connectivity index (χ1v) is 15.3. The maximum Gasteiger partial charge on any atom is 0.305 e. The number of rotatable bonds is 9. The van der Waals surface area contributed by atoms with E-state index in [9.17, 15) is 14.4 Å². The van der Waals surface area contributed by atoms with E-state index in [4.69, 9.17) is 9.73 Å². The van der Waals surface area contributed by atoms with Gasteiger partial charge in [0.2, 0.25) is 11.8 Å². The fourth-order valence-corrected chi connectivity index (χ4v) is 6.23. The number of fused-ring (bicyclic) bond motifs is 2. The van der Waals surface area contributed by atoms with Gasteiger partial charge in [-0.05, 0) is 37.1 Å². The number of amides is 2. The molecule has 8 nitrogen and oxygen atoms in total. The molecule has 1 N–H and O–H groups in total. The van der Waals surface area contributed by atoms with Gasteiger partial charge >= 0.3 is 5.97 Å². The molecular formula is C33H36N4O4S. The van der Waals surface area contributed by atoms with Crippen molar-refractivity contribution < 1.29 is 19.1 Å². The smallest absolute Gasteiger partial charge is 0.305 e. The molecule has 3 aromatic carbocycles. The highest BCUT2D eigenvalue weighted by Crippen LogP contribution is 2.40. The Kier molecular flexibility index (Phi) is 9.92. The summed E-state index contributed by atoms with van der Waals surface area (Å²) in [5.41, 5.74) is 3.01. The third-order valence-corrected chi connectivity index (χ3v) is 8.48. The summed E-state index contributed by atoms with van der Waals surface area (Å²) >= 11 is 1.72. The lowest BCUT2D eigenvalue weighted by molar-refractivity contribution is -0.143. The van der Waals surface area contributed by atoms with Crippen LogP contribution in [0, 0.1) is 0 Å². The molecule has 0 aliphatic carbocycles. The molecule has 2 amide bonds. The van der Waals surface area contributed by atoms with Crippen LogP contribution in [0.25, 0.3) is 0 Å². The number of nitrogens with zero attached hydrogens (tertiary/aromatic N) is 3. The summed E-state index contributed by atoms with van der Waals surface area (Å²) < 4.78 is 4.95. The number of ether oxygens (including phenoxy) is 1. The quantitative estimate of drug-likeness (QED) is 0.362. The first kappa shape index (κ1) is 29.4. The molecule has 1 unspecified atom stereocenters. The van der Waals surface area contributed by atoms with E-state index < -0.39 is 6.04 Å². The van der Waals surface area contributed by atoms with E-state index >= 15 is 0 Å². The summed E-state index contributed by atoms with van der Waals surface area (Å²) in [5, 5.41) is 2.95. The summed E-state index contributed by atoms with van der Waals surface area (Å²) in [6.07, 6.45) is 1.11. The van der Waals surface area contributed by atoms with Crippen molar-refractivity contribution in [3.8, 4) is 0 Å². The topological polar surface area (TPSA) is 91.3 Å². The first-order chi connectivity index (χ1) is 20.5. The number of amidine groups is 1. The van der Waals surface area contributed by atoms with Gasteiger partial charge in [0.15, 0.2) is 0 Å². The standard InChI is InChI=1S/C33H36N4O4S/c1-2-41-31(39)18-10-17-30(38)34-27(23-24-11-4-3-5-12-24)33(40)37-21-19-36(20-22-37)32-25-13-6-8-15-28(25)42-29-16-9-7-14-26(29)35-32/h3-9,11-16,27H,2,10,17-23H2,1H3,(H,34,38). The third kappa shape index (κ3) is 7.39. The number of carbonyl (C=O) groups excluding carboxylic acids is 3. The van der Waals surface area contributed by atoms with Crippen LogP contribution in [-0.4, -0.2) is 72.2 Å². The van der Waals surface area contributed by atoms with Crippen molar-refractivity contribution in [1.82, 2.24) is 15.1 Å². The van der Waals surface area contributed by atoms with Gasteiger partial charge in [-0.15, -0.1) is 0 Å². The Hall–Kier alpha value is -4.11. The van der Waals surface area contributed by atoms with E-state index in [0.29, 0.717) is 45.6 Å². The molecule has 3 aromatic rings. The molecule has 2 aliphatic heterocycles. The highest BCUT2D eigenvalue weighted by atomic mass is 32.2. The van der Waals surface area contributed by atoms with Gasteiger partial charge in [0.1, 0.15) is 11.9 Å². The molecule has 1 fully saturated rings. The third-order valence-electron chi connectivity index (χ3n) is 7.34. The molecule has 0 bridgehead atoms. The van der Waals surface area contributed by atoms with Gasteiger partial charge in [-0.3, -0.25) is 14.4 Å². The maximum atomic E-state index is 13.8. The summed E-state index contributed by atoms with van der Waals surface area (Å²) in [7, 11) is 0. The van der Waals surface area contributed by atoms with Crippen LogP contribution in [0.2, 0.25) is 0 Å². The zero-order valence-corrected chi connectivity index (χ0v) is 24.6. The summed E-state index contributed by atoms with van der Waals surface area (Å²) in [4.78, 5) is 49.7. The lowest BCUT2D eigenvalue weighted by Crippen LogP contribution is -2.56. The largest absolute Gasteiger partial charge is 0.466 e. The van der Waals surface area contributed by atoms with E-state index in [1.54, 1.807) is 18.7 Å². The molecule has 2 heterocycles. The summed E-state index contributed by atoms with van der Waals surface area (Å²) in [6, 6.07) is 25.5. The van der Waals surface area contributed by atoms with Crippen molar-refractivity contribution in [3.05, 3.63) is 90.0 Å². The van der Waals surface area contributed by atoms with Crippen LogP contribution >= 0.6 is 11.8 Å². The molecule has 0 aromatic heterocycles. The average Bonchev–Trinajstić information content (AvgIpc) is 3.18. The lowest BCUT2D eigenvalue weighted by atomic mass is 10.0. The first-order valence-electron chi connectivity index (χ1n) is 14.5. The predicted octanol–water partition coefficient (Wildman–Crippen LogP) is 4.83. The van der Waals surface area contributed by atoms with Crippen LogP contribution in [0.15, 0.2) is 93.6 Å². The zero-order valence-electron chi connectivity index (χ0n) is 23.8. The Morgan fingerprint density at radius 3 is 2.33 bits per heavy atom. The molecule has 218 valence electrons. The molecule has 5 rings (SSSR count). The van der Waals surface area contributed by atoms with Crippen LogP contribution in [0.4, 0.5) is 5.69 Å². The second-order valence-corrected chi connectivity index (χ2v) is 11.4. The minimum atomic E-state index is -0.687. The second kappa shape index (κ2) is 14.2. The molecule has 9 heteroatoms. The number of aliphatic imine (C=N–C) groups is 1. The molecule has 0 spiro atoms. The van der Waals surface area contributed by atoms with Crippen LogP contribution in [0.3, 0.4) is 0 Å². The summed E-state index contributed by atoms with van der Waals surface area (Å²) in [6.45, 7) is 4.40. The number of carbonyl (C=O) groups is 3. The van der Waals surface area contributed by atoms with Crippen LogP contribution in [0.5, 0.6) is 0 Å². The van der Waals surface area contributed by atoms with E-state index in [1.807, 2.05) is 65.6 Å². The maximum absolute atomic E-state index is 13.8. The van der Waals surface area contributed by atoms with Crippen molar-refractivity contribution >= 4 is 41.1 Å².